The number of carbonyl (C=O) groups excluding carboxylic acids is 1. The highest BCUT2D eigenvalue weighted by molar-refractivity contribution is 7.71. The van der Waals surface area contributed by atoms with Crippen LogP contribution in [0.1, 0.15) is 23.5 Å². The number of carbonyl (C=O) groups is 1. The molecule has 1 aromatic carbocycles. The monoisotopic (exact) mass is 328 g/mol. The largest absolute Gasteiger partial charge is 0.416 e. The van der Waals surface area contributed by atoms with E-state index in [2.05, 4.69) is 15.6 Å². The van der Waals surface area contributed by atoms with E-state index in [0.717, 1.165) is 12.1 Å². The van der Waals surface area contributed by atoms with Crippen molar-refractivity contribution in [2.24, 2.45) is 5.92 Å². The average molecular weight is 328 g/mol. The number of amides is 1. The van der Waals surface area contributed by atoms with Crippen LogP contribution >= 0.6 is 12.2 Å². The van der Waals surface area contributed by atoms with Gasteiger partial charge in [0.15, 0.2) is 0 Å². The average Bonchev–Trinajstić information content (AvgIpc) is 3.17. The molecule has 22 heavy (non-hydrogen) atoms. The molecule has 1 amide bonds. The molecule has 0 saturated heterocycles. The summed E-state index contributed by atoms with van der Waals surface area (Å²) in [6.07, 6.45) is -2.55. The first kappa shape index (κ1) is 14.8. The number of nitrogens with zero attached hydrogens (tertiary/aromatic N) is 2. The maximum atomic E-state index is 12.7. The van der Waals surface area contributed by atoms with Crippen molar-refractivity contribution in [1.82, 2.24) is 14.9 Å². The van der Waals surface area contributed by atoms with E-state index < -0.39 is 11.7 Å². The van der Waals surface area contributed by atoms with Gasteiger partial charge in [-0.2, -0.15) is 18.3 Å². The molecule has 2 aromatic rings. The molecule has 1 aromatic heterocycles. The summed E-state index contributed by atoms with van der Waals surface area (Å²) < 4.78 is 39.6. The molecule has 9 heteroatoms. The molecule has 3 rings (SSSR count). The predicted octanol–water partition coefficient (Wildman–Crippen LogP) is 2.83. The first-order valence-electron chi connectivity index (χ1n) is 6.46. The molecular weight excluding hydrogens is 317 g/mol. The molecule has 2 N–H and O–H groups in total. The SMILES string of the molecule is O=C(Nn1cn[nH]c1=S)[C@@H]1C[C@H]1c1cccc(C(F)(F)F)c1. The lowest BCUT2D eigenvalue weighted by atomic mass is 10.1. The minimum atomic E-state index is -4.38. The highest BCUT2D eigenvalue weighted by Crippen LogP contribution is 2.48. The van der Waals surface area contributed by atoms with Crippen LogP contribution in [0, 0.1) is 10.7 Å². The van der Waals surface area contributed by atoms with E-state index in [1.165, 1.54) is 17.1 Å². The molecule has 1 aliphatic carbocycles. The van der Waals surface area contributed by atoms with Gasteiger partial charge in [-0.1, -0.05) is 18.2 Å². The van der Waals surface area contributed by atoms with Crippen molar-refractivity contribution in [3.05, 3.63) is 46.5 Å². The van der Waals surface area contributed by atoms with Gasteiger partial charge in [0.25, 0.3) is 0 Å². The Kier molecular flexibility index (Phi) is 3.51. The quantitative estimate of drug-likeness (QED) is 0.852. The molecule has 1 fully saturated rings. The van der Waals surface area contributed by atoms with Crippen molar-refractivity contribution in [3.63, 3.8) is 0 Å². The van der Waals surface area contributed by atoms with Crippen LogP contribution in [0.2, 0.25) is 0 Å². The van der Waals surface area contributed by atoms with E-state index in [0.29, 0.717) is 12.0 Å². The number of nitrogens with one attached hydrogen (secondary N) is 2. The Labute approximate surface area is 128 Å². The molecule has 1 saturated carbocycles. The van der Waals surface area contributed by atoms with Gasteiger partial charge in [-0.05, 0) is 36.2 Å². The zero-order valence-electron chi connectivity index (χ0n) is 11.1. The number of benzene rings is 1. The Morgan fingerprint density at radius 2 is 2.23 bits per heavy atom. The third kappa shape index (κ3) is 2.89. The summed E-state index contributed by atoms with van der Waals surface area (Å²) in [5, 5.41) is 6.15. The molecule has 0 aliphatic heterocycles. The van der Waals surface area contributed by atoms with Crippen molar-refractivity contribution in [2.75, 3.05) is 5.43 Å². The third-order valence-corrected chi connectivity index (χ3v) is 3.84. The Balaban J connectivity index is 1.71. The van der Waals surface area contributed by atoms with Crippen LogP contribution in [0.15, 0.2) is 30.6 Å². The normalized spacial score (nSPS) is 20.7. The number of halogens is 3. The number of hydrogen-bond acceptors (Lipinski definition) is 3. The molecule has 0 radical (unpaired) electrons. The van der Waals surface area contributed by atoms with E-state index in [1.807, 2.05) is 0 Å². The van der Waals surface area contributed by atoms with Gasteiger partial charge in [-0.25, -0.2) is 4.68 Å². The molecule has 1 aliphatic rings. The molecule has 0 bridgehead atoms. The Bertz CT molecular complexity index is 767. The Hall–Kier alpha value is -2.16. The number of aromatic nitrogens is 3. The standard InChI is InChI=1S/C13H11F3N4OS/c14-13(15,16)8-3-1-2-7(4-8)9-5-10(9)11(21)19-20-6-17-18-12(20)22/h1-4,6,9-10H,5H2,(H,18,22)(H,19,21)/t9-,10+/m0/s1. The van der Waals surface area contributed by atoms with Gasteiger partial charge >= 0.3 is 6.18 Å². The van der Waals surface area contributed by atoms with Gasteiger partial charge in [0.2, 0.25) is 10.7 Å². The molecule has 5 nitrogen and oxygen atoms in total. The van der Waals surface area contributed by atoms with Crippen LogP contribution in [0.25, 0.3) is 0 Å². The van der Waals surface area contributed by atoms with Gasteiger partial charge in [-0.15, -0.1) is 0 Å². The third-order valence-electron chi connectivity index (χ3n) is 3.55. The summed E-state index contributed by atoms with van der Waals surface area (Å²) in [6, 6.07) is 5.08. The van der Waals surface area contributed by atoms with Gasteiger partial charge < -0.3 is 0 Å². The van der Waals surface area contributed by atoms with Crippen LogP contribution < -0.4 is 5.43 Å². The molecular formula is C13H11F3N4OS. The maximum Gasteiger partial charge on any atom is 0.416 e. The van der Waals surface area contributed by atoms with Gasteiger partial charge in [0.1, 0.15) is 6.33 Å². The van der Waals surface area contributed by atoms with E-state index in [4.69, 9.17) is 12.2 Å². The van der Waals surface area contributed by atoms with Crippen LogP contribution in [0.3, 0.4) is 0 Å². The summed E-state index contributed by atoms with van der Waals surface area (Å²) >= 11 is 4.90. The zero-order valence-corrected chi connectivity index (χ0v) is 11.9. The zero-order chi connectivity index (χ0) is 15.9. The minimum Gasteiger partial charge on any atom is -0.273 e. The molecule has 2 atom stereocenters. The lowest BCUT2D eigenvalue weighted by Gasteiger charge is -2.08. The molecule has 0 spiro atoms. The minimum absolute atomic E-state index is 0.205. The van der Waals surface area contributed by atoms with E-state index >= 15 is 0 Å². The summed E-state index contributed by atoms with van der Waals surface area (Å²) in [6.45, 7) is 0. The number of hydrogen-bond donors (Lipinski definition) is 2. The predicted molar refractivity (Wildman–Crippen MR) is 74.1 cm³/mol. The summed E-state index contributed by atoms with van der Waals surface area (Å²) in [7, 11) is 0. The van der Waals surface area contributed by atoms with E-state index in [9.17, 15) is 18.0 Å². The van der Waals surface area contributed by atoms with Crippen LogP contribution in [-0.4, -0.2) is 20.8 Å². The number of H-pyrrole nitrogens is 1. The van der Waals surface area contributed by atoms with Crippen LogP contribution in [0.4, 0.5) is 13.2 Å². The van der Waals surface area contributed by atoms with Crippen molar-refractivity contribution in [2.45, 2.75) is 18.5 Å². The Morgan fingerprint density at radius 3 is 2.86 bits per heavy atom. The fraction of sp³-hybridized carbons (Fsp3) is 0.308. The number of rotatable bonds is 3. The van der Waals surface area contributed by atoms with Crippen molar-refractivity contribution < 1.29 is 18.0 Å². The second-order valence-electron chi connectivity index (χ2n) is 5.08. The maximum absolute atomic E-state index is 12.7. The molecule has 116 valence electrons. The van der Waals surface area contributed by atoms with Crippen LogP contribution in [0.5, 0.6) is 0 Å². The second-order valence-corrected chi connectivity index (χ2v) is 5.47. The Morgan fingerprint density at radius 1 is 1.45 bits per heavy atom. The van der Waals surface area contributed by atoms with Gasteiger partial charge in [0, 0.05) is 5.92 Å². The van der Waals surface area contributed by atoms with Gasteiger partial charge in [0.05, 0.1) is 5.56 Å². The number of aromatic amines is 1. The van der Waals surface area contributed by atoms with Crippen molar-refractivity contribution in [3.8, 4) is 0 Å². The topological polar surface area (TPSA) is 62.7 Å². The second kappa shape index (κ2) is 5.24. The summed E-state index contributed by atoms with van der Waals surface area (Å²) in [5.41, 5.74) is 2.37. The summed E-state index contributed by atoms with van der Waals surface area (Å²) in [5.74, 6) is -0.858. The highest BCUT2D eigenvalue weighted by Gasteiger charge is 2.45. The smallest absolute Gasteiger partial charge is 0.273 e. The lowest BCUT2D eigenvalue weighted by molar-refractivity contribution is -0.137. The van der Waals surface area contributed by atoms with Crippen molar-refractivity contribution >= 4 is 18.1 Å². The molecule has 0 unspecified atom stereocenters. The lowest BCUT2D eigenvalue weighted by Crippen LogP contribution is -2.24. The summed E-state index contributed by atoms with van der Waals surface area (Å²) in [4.78, 5) is 12.0. The highest BCUT2D eigenvalue weighted by atomic mass is 32.1. The van der Waals surface area contributed by atoms with E-state index in [1.54, 1.807) is 6.07 Å². The first-order valence-corrected chi connectivity index (χ1v) is 6.87. The van der Waals surface area contributed by atoms with Crippen LogP contribution in [-0.2, 0) is 11.0 Å². The first-order chi connectivity index (χ1) is 10.4. The molecule has 1 heterocycles. The fourth-order valence-corrected chi connectivity index (χ4v) is 2.47. The van der Waals surface area contributed by atoms with E-state index in [-0.39, 0.29) is 22.5 Å². The van der Waals surface area contributed by atoms with Crippen molar-refractivity contribution in [1.29, 1.82) is 0 Å². The fourth-order valence-electron chi connectivity index (χ4n) is 2.33. The number of alkyl halides is 3. The van der Waals surface area contributed by atoms with Gasteiger partial charge in [-0.3, -0.25) is 15.3 Å².